The van der Waals surface area contributed by atoms with E-state index in [9.17, 15) is 20.0 Å². The van der Waals surface area contributed by atoms with Crippen LogP contribution < -0.4 is 10.6 Å². The number of nitrogens with zero attached hydrogens (tertiary/aromatic N) is 1. The Morgan fingerprint density at radius 3 is 2.43 bits per heavy atom. The first-order valence-corrected chi connectivity index (χ1v) is 6.83. The number of carbonyl (C=O) groups is 1. The molecule has 0 aromatic heterocycles. The maximum Gasteiger partial charge on any atom is 0.269 e. The second kappa shape index (κ2) is 8.21. The summed E-state index contributed by atoms with van der Waals surface area (Å²) in [7, 11) is 0. The third-order valence-corrected chi connectivity index (χ3v) is 3.02. The van der Waals surface area contributed by atoms with E-state index in [-0.39, 0.29) is 23.9 Å². The van der Waals surface area contributed by atoms with Crippen molar-refractivity contribution in [3.63, 3.8) is 0 Å². The zero-order valence-electron chi connectivity index (χ0n) is 12.2. The molecule has 0 spiro atoms. The lowest BCUT2D eigenvalue weighted by Gasteiger charge is -2.14. The average molecular weight is 295 g/mol. The Kier molecular flexibility index (Phi) is 6.61. The number of aliphatic hydroxyl groups excluding tert-OH is 1. The maximum atomic E-state index is 11.5. The lowest BCUT2D eigenvalue weighted by atomic mass is 10.0. The Labute approximate surface area is 123 Å². The predicted octanol–water partition coefficient (Wildman–Crippen LogP) is 1.53. The Morgan fingerprint density at radius 2 is 1.90 bits per heavy atom. The van der Waals surface area contributed by atoms with Crippen LogP contribution in [0.5, 0.6) is 0 Å². The number of rotatable bonds is 8. The van der Waals surface area contributed by atoms with E-state index in [1.54, 1.807) is 12.1 Å². The van der Waals surface area contributed by atoms with Gasteiger partial charge in [-0.25, -0.2) is 0 Å². The summed E-state index contributed by atoms with van der Waals surface area (Å²) in [5.74, 6) is -0.143. The van der Waals surface area contributed by atoms with Gasteiger partial charge in [0.05, 0.1) is 17.4 Å². The number of nitro benzene ring substituents is 1. The molecule has 1 unspecified atom stereocenters. The molecule has 0 saturated heterocycles. The summed E-state index contributed by atoms with van der Waals surface area (Å²) in [6.07, 6.45) is -0.539. The average Bonchev–Trinajstić information content (AvgIpc) is 2.44. The first-order chi connectivity index (χ1) is 9.90. The van der Waals surface area contributed by atoms with E-state index in [2.05, 4.69) is 10.6 Å². The van der Waals surface area contributed by atoms with E-state index in [0.29, 0.717) is 13.1 Å². The molecule has 7 nitrogen and oxygen atoms in total. The molecule has 0 radical (unpaired) electrons. The normalized spacial score (nSPS) is 12.0. The van der Waals surface area contributed by atoms with Crippen molar-refractivity contribution in [1.82, 2.24) is 5.32 Å². The van der Waals surface area contributed by atoms with Gasteiger partial charge in [-0.1, -0.05) is 13.8 Å². The number of benzene rings is 1. The fourth-order valence-electron chi connectivity index (χ4n) is 1.61. The van der Waals surface area contributed by atoms with Crippen LogP contribution in [0, 0.1) is 16.0 Å². The summed E-state index contributed by atoms with van der Waals surface area (Å²) in [4.78, 5) is 21.6. The van der Waals surface area contributed by atoms with E-state index in [4.69, 9.17) is 0 Å². The van der Waals surface area contributed by atoms with Gasteiger partial charge in [0.1, 0.15) is 0 Å². The molecular weight excluding hydrogens is 274 g/mol. The van der Waals surface area contributed by atoms with Gasteiger partial charge in [-0.15, -0.1) is 0 Å². The van der Waals surface area contributed by atoms with Crippen LogP contribution in [-0.4, -0.2) is 35.1 Å². The molecular formula is C14H21N3O4. The number of carbonyl (C=O) groups excluding carboxylic acids is 1. The minimum absolute atomic E-state index is 0.0384. The second-order valence-corrected chi connectivity index (χ2v) is 5.10. The summed E-state index contributed by atoms with van der Waals surface area (Å²) in [6, 6.07) is 6.06. The number of anilines is 1. The van der Waals surface area contributed by atoms with Crippen molar-refractivity contribution >= 4 is 17.3 Å². The van der Waals surface area contributed by atoms with Crippen molar-refractivity contribution in [3.05, 3.63) is 34.4 Å². The molecule has 3 N–H and O–H groups in total. The minimum Gasteiger partial charge on any atom is -0.392 e. The largest absolute Gasteiger partial charge is 0.392 e. The molecule has 1 aromatic rings. The van der Waals surface area contributed by atoms with E-state index in [1.807, 2.05) is 13.8 Å². The zero-order valence-corrected chi connectivity index (χ0v) is 12.2. The molecule has 116 valence electrons. The quantitative estimate of drug-likeness (QED) is 0.383. The van der Waals surface area contributed by atoms with Gasteiger partial charge in [-0.05, 0) is 18.1 Å². The predicted molar refractivity (Wildman–Crippen MR) is 80.1 cm³/mol. The van der Waals surface area contributed by atoms with E-state index < -0.39 is 11.0 Å². The Hall–Kier alpha value is -2.15. The monoisotopic (exact) mass is 295 g/mol. The molecule has 0 aliphatic carbocycles. The molecule has 0 saturated carbocycles. The SMILES string of the molecule is CC(C)C(O)CC(=O)NCCNc1ccc([N+](=O)[O-])cc1. The fraction of sp³-hybridized carbons (Fsp3) is 0.500. The van der Waals surface area contributed by atoms with E-state index in [0.717, 1.165) is 5.69 Å². The van der Waals surface area contributed by atoms with Gasteiger partial charge in [0.2, 0.25) is 5.91 Å². The molecule has 1 rings (SSSR count). The number of non-ortho nitro benzene ring substituents is 1. The third kappa shape index (κ3) is 6.22. The van der Waals surface area contributed by atoms with Gasteiger partial charge in [-0.2, -0.15) is 0 Å². The van der Waals surface area contributed by atoms with Gasteiger partial charge in [0.15, 0.2) is 0 Å². The molecule has 1 atom stereocenters. The van der Waals surface area contributed by atoms with Crippen molar-refractivity contribution in [1.29, 1.82) is 0 Å². The second-order valence-electron chi connectivity index (χ2n) is 5.10. The number of aliphatic hydroxyl groups is 1. The molecule has 1 amide bonds. The lowest BCUT2D eigenvalue weighted by Crippen LogP contribution is -2.32. The molecule has 0 heterocycles. The first kappa shape index (κ1) is 16.9. The van der Waals surface area contributed by atoms with Crippen LogP contribution in [0.25, 0.3) is 0 Å². The highest BCUT2D eigenvalue weighted by molar-refractivity contribution is 5.76. The highest BCUT2D eigenvalue weighted by Gasteiger charge is 2.13. The minimum atomic E-state index is -0.632. The van der Waals surface area contributed by atoms with Gasteiger partial charge in [0.25, 0.3) is 5.69 Å². The standard InChI is InChI=1S/C14H21N3O4/c1-10(2)13(18)9-14(19)16-8-7-15-11-3-5-12(6-4-11)17(20)21/h3-6,10,13,15,18H,7-9H2,1-2H3,(H,16,19). The number of amides is 1. The van der Waals surface area contributed by atoms with Crippen molar-refractivity contribution in [2.45, 2.75) is 26.4 Å². The third-order valence-electron chi connectivity index (χ3n) is 3.02. The van der Waals surface area contributed by atoms with Crippen molar-refractivity contribution in [2.24, 2.45) is 5.92 Å². The number of nitro groups is 1. The number of hydrogen-bond donors (Lipinski definition) is 3. The van der Waals surface area contributed by atoms with Gasteiger partial charge >= 0.3 is 0 Å². The highest BCUT2D eigenvalue weighted by Crippen LogP contribution is 2.14. The smallest absolute Gasteiger partial charge is 0.269 e. The first-order valence-electron chi connectivity index (χ1n) is 6.83. The Morgan fingerprint density at radius 1 is 1.29 bits per heavy atom. The van der Waals surface area contributed by atoms with Crippen molar-refractivity contribution in [2.75, 3.05) is 18.4 Å². The lowest BCUT2D eigenvalue weighted by molar-refractivity contribution is -0.384. The molecule has 1 aromatic carbocycles. The Bertz CT molecular complexity index is 474. The van der Waals surface area contributed by atoms with E-state index >= 15 is 0 Å². The van der Waals surface area contributed by atoms with E-state index in [1.165, 1.54) is 12.1 Å². The van der Waals surface area contributed by atoms with Crippen molar-refractivity contribution in [3.8, 4) is 0 Å². The molecule has 0 aliphatic rings. The fourth-order valence-corrected chi connectivity index (χ4v) is 1.61. The van der Waals surface area contributed by atoms with Gasteiger partial charge in [0, 0.05) is 30.9 Å². The summed E-state index contributed by atoms with van der Waals surface area (Å²) >= 11 is 0. The number of nitrogens with one attached hydrogen (secondary N) is 2. The molecule has 0 aliphatic heterocycles. The highest BCUT2D eigenvalue weighted by atomic mass is 16.6. The van der Waals surface area contributed by atoms with Crippen LogP contribution in [0.1, 0.15) is 20.3 Å². The Balaban J connectivity index is 2.25. The maximum absolute atomic E-state index is 11.5. The van der Waals surface area contributed by atoms with Crippen LogP contribution in [0.2, 0.25) is 0 Å². The van der Waals surface area contributed by atoms with Crippen LogP contribution in [-0.2, 0) is 4.79 Å². The van der Waals surface area contributed by atoms with Crippen LogP contribution in [0.15, 0.2) is 24.3 Å². The van der Waals surface area contributed by atoms with Crippen LogP contribution >= 0.6 is 0 Å². The molecule has 0 bridgehead atoms. The van der Waals surface area contributed by atoms with Crippen LogP contribution in [0.3, 0.4) is 0 Å². The van der Waals surface area contributed by atoms with Gasteiger partial charge < -0.3 is 15.7 Å². The summed E-state index contributed by atoms with van der Waals surface area (Å²) < 4.78 is 0. The summed E-state index contributed by atoms with van der Waals surface area (Å²) in [6.45, 7) is 4.63. The summed E-state index contributed by atoms with van der Waals surface area (Å²) in [5, 5.41) is 25.8. The van der Waals surface area contributed by atoms with Crippen LogP contribution in [0.4, 0.5) is 11.4 Å². The number of hydrogen-bond acceptors (Lipinski definition) is 5. The molecule has 0 fully saturated rings. The summed E-state index contributed by atoms with van der Waals surface area (Å²) in [5.41, 5.74) is 0.786. The topological polar surface area (TPSA) is 104 Å². The molecule has 21 heavy (non-hydrogen) atoms. The van der Waals surface area contributed by atoms with Crippen molar-refractivity contribution < 1.29 is 14.8 Å². The molecule has 7 heteroatoms. The van der Waals surface area contributed by atoms with Gasteiger partial charge in [-0.3, -0.25) is 14.9 Å². The zero-order chi connectivity index (χ0) is 15.8.